The second-order valence-electron chi connectivity index (χ2n) is 3.40. The van der Waals surface area contributed by atoms with E-state index in [-0.39, 0.29) is 12.5 Å². The SMILES string of the molecule is CC(C)n1ccnc1CC(O)C(=O)O. The summed E-state index contributed by atoms with van der Waals surface area (Å²) >= 11 is 0. The number of aromatic nitrogens is 2. The van der Waals surface area contributed by atoms with Crippen LogP contribution in [0.3, 0.4) is 0 Å². The van der Waals surface area contributed by atoms with Gasteiger partial charge in [-0.05, 0) is 13.8 Å². The van der Waals surface area contributed by atoms with Gasteiger partial charge < -0.3 is 14.8 Å². The number of aliphatic carboxylic acids is 1. The number of carbonyl (C=O) groups is 1. The van der Waals surface area contributed by atoms with E-state index in [0.29, 0.717) is 5.82 Å². The van der Waals surface area contributed by atoms with E-state index in [1.807, 2.05) is 18.4 Å². The third kappa shape index (κ3) is 2.32. The van der Waals surface area contributed by atoms with E-state index in [1.165, 1.54) is 0 Å². The van der Waals surface area contributed by atoms with Gasteiger partial charge in [-0.15, -0.1) is 0 Å². The molecule has 78 valence electrons. The number of imidazole rings is 1. The van der Waals surface area contributed by atoms with Crippen molar-refractivity contribution in [3.8, 4) is 0 Å². The van der Waals surface area contributed by atoms with Gasteiger partial charge >= 0.3 is 5.97 Å². The number of hydrogen-bond donors (Lipinski definition) is 2. The summed E-state index contributed by atoms with van der Waals surface area (Å²) < 4.78 is 1.84. The van der Waals surface area contributed by atoms with Crippen molar-refractivity contribution in [2.24, 2.45) is 0 Å². The smallest absolute Gasteiger partial charge is 0.332 e. The lowest BCUT2D eigenvalue weighted by atomic mass is 10.2. The molecule has 1 atom stereocenters. The Morgan fingerprint density at radius 2 is 2.29 bits per heavy atom. The highest BCUT2D eigenvalue weighted by molar-refractivity contribution is 5.72. The number of aliphatic hydroxyl groups is 1. The molecule has 1 heterocycles. The lowest BCUT2D eigenvalue weighted by Gasteiger charge is -2.12. The molecule has 2 N–H and O–H groups in total. The second-order valence-corrected chi connectivity index (χ2v) is 3.40. The summed E-state index contributed by atoms with van der Waals surface area (Å²) in [5.41, 5.74) is 0. The lowest BCUT2D eigenvalue weighted by Crippen LogP contribution is -2.24. The molecule has 0 saturated carbocycles. The molecule has 0 saturated heterocycles. The van der Waals surface area contributed by atoms with Crippen LogP contribution in [-0.4, -0.2) is 31.8 Å². The van der Waals surface area contributed by atoms with E-state index < -0.39 is 12.1 Å². The minimum absolute atomic E-state index is 0.0422. The summed E-state index contributed by atoms with van der Waals surface area (Å²) in [5, 5.41) is 17.7. The van der Waals surface area contributed by atoms with Crippen LogP contribution in [0.4, 0.5) is 0 Å². The highest BCUT2D eigenvalue weighted by Crippen LogP contribution is 2.09. The largest absolute Gasteiger partial charge is 0.479 e. The average Bonchev–Trinajstić information content (AvgIpc) is 2.52. The monoisotopic (exact) mass is 198 g/mol. The second kappa shape index (κ2) is 4.23. The molecule has 1 rings (SSSR count). The van der Waals surface area contributed by atoms with Crippen LogP contribution >= 0.6 is 0 Å². The zero-order valence-electron chi connectivity index (χ0n) is 8.21. The van der Waals surface area contributed by atoms with E-state index >= 15 is 0 Å². The van der Waals surface area contributed by atoms with Crippen molar-refractivity contribution in [1.82, 2.24) is 9.55 Å². The summed E-state index contributed by atoms with van der Waals surface area (Å²) in [7, 11) is 0. The third-order valence-electron chi connectivity index (χ3n) is 1.97. The van der Waals surface area contributed by atoms with E-state index in [4.69, 9.17) is 10.2 Å². The molecule has 0 aromatic carbocycles. The number of rotatable bonds is 4. The van der Waals surface area contributed by atoms with Gasteiger partial charge in [0.15, 0.2) is 6.10 Å². The van der Waals surface area contributed by atoms with Crippen molar-refractivity contribution in [2.75, 3.05) is 0 Å². The molecule has 1 aromatic rings. The highest BCUT2D eigenvalue weighted by Gasteiger charge is 2.17. The van der Waals surface area contributed by atoms with Gasteiger partial charge in [0.1, 0.15) is 5.82 Å². The van der Waals surface area contributed by atoms with Crippen LogP contribution in [0.1, 0.15) is 25.7 Å². The maximum Gasteiger partial charge on any atom is 0.332 e. The zero-order valence-corrected chi connectivity index (χ0v) is 8.21. The van der Waals surface area contributed by atoms with Gasteiger partial charge in [0.05, 0.1) is 0 Å². The summed E-state index contributed by atoms with van der Waals surface area (Å²) in [5.74, 6) is -0.627. The van der Waals surface area contributed by atoms with Gasteiger partial charge in [0, 0.05) is 24.9 Å². The summed E-state index contributed by atoms with van der Waals surface area (Å²) in [4.78, 5) is 14.4. The molecule has 0 aliphatic rings. The van der Waals surface area contributed by atoms with Gasteiger partial charge in [-0.2, -0.15) is 0 Å². The molecule has 5 heteroatoms. The maximum absolute atomic E-state index is 10.4. The van der Waals surface area contributed by atoms with E-state index in [2.05, 4.69) is 4.98 Å². The Labute approximate surface area is 82.0 Å². The Morgan fingerprint density at radius 3 is 2.79 bits per heavy atom. The van der Waals surface area contributed by atoms with E-state index in [0.717, 1.165) is 0 Å². The molecule has 1 aromatic heterocycles. The molecule has 1 unspecified atom stereocenters. The Kier molecular flexibility index (Phi) is 3.24. The number of carboxylic acids is 1. The fourth-order valence-electron chi connectivity index (χ4n) is 1.23. The molecule has 0 amide bonds. The van der Waals surface area contributed by atoms with Crippen molar-refractivity contribution in [2.45, 2.75) is 32.4 Å². The normalized spacial score (nSPS) is 13.1. The fraction of sp³-hybridized carbons (Fsp3) is 0.556. The van der Waals surface area contributed by atoms with Crippen molar-refractivity contribution in [3.63, 3.8) is 0 Å². The van der Waals surface area contributed by atoms with Crippen molar-refractivity contribution < 1.29 is 15.0 Å². The van der Waals surface area contributed by atoms with Crippen LogP contribution in [0.5, 0.6) is 0 Å². The molecule has 5 nitrogen and oxygen atoms in total. The zero-order chi connectivity index (χ0) is 10.7. The van der Waals surface area contributed by atoms with Crippen LogP contribution in [-0.2, 0) is 11.2 Å². The fourth-order valence-corrected chi connectivity index (χ4v) is 1.23. The number of nitrogens with zero attached hydrogens (tertiary/aromatic N) is 2. The topological polar surface area (TPSA) is 75.3 Å². The minimum Gasteiger partial charge on any atom is -0.479 e. The molecule has 0 fully saturated rings. The molecular formula is C9H14N2O3. The molecule has 0 spiro atoms. The Bertz CT molecular complexity index is 320. The molecule has 0 radical (unpaired) electrons. The first-order valence-electron chi connectivity index (χ1n) is 4.45. The lowest BCUT2D eigenvalue weighted by molar-refractivity contribution is -0.146. The first-order valence-corrected chi connectivity index (χ1v) is 4.45. The van der Waals surface area contributed by atoms with Gasteiger partial charge in [-0.1, -0.05) is 0 Å². The minimum atomic E-state index is -1.38. The molecule has 14 heavy (non-hydrogen) atoms. The van der Waals surface area contributed by atoms with Gasteiger partial charge in [0.2, 0.25) is 0 Å². The first kappa shape index (κ1) is 10.7. The Morgan fingerprint density at radius 1 is 1.64 bits per heavy atom. The standard InChI is InChI=1S/C9H14N2O3/c1-6(2)11-4-3-10-8(11)5-7(12)9(13)14/h3-4,6-7,12H,5H2,1-2H3,(H,13,14). The molecule has 0 bridgehead atoms. The molecule has 0 aliphatic carbocycles. The predicted molar refractivity (Wildman–Crippen MR) is 50.0 cm³/mol. The average molecular weight is 198 g/mol. The Hall–Kier alpha value is -1.36. The van der Waals surface area contributed by atoms with Crippen molar-refractivity contribution in [3.05, 3.63) is 18.2 Å². The van der Waals surface area contributed by atoms with Gasteiger partial charge in [-0.3, -0.25) is 0 Å². The van der Waals surface area contributed by atoms with Crippen LogP contribution in [0, 0.1) is 0 Å². The van der Waals surface area contributed by atoms with Gasteiger partial charge in [0.25, 0.3) is 0 Å². The molecular weight excluding hydrogens is 184 g/mol. The summed E-state index contributed by atoms with van der Waals surface area (Å²) in [6.45, 7) is 3.94. The molecule has 0 aliphatic heterocycles. The summed E-state index contributed by atoms with van der Waals surface area (Å²) in [6.07, 6.45) is 2.04. The Balaban J connectivity index is 2.76. The van der Waals surface area contributed by atoms with Crippen LogP contribution < -0.4 is 0 Å². The number of aliphatic hydroxyl groups excluding tert-OH is 1. The third-order valence-corrected chi connectivity index (χ3v) is 1.97. The van der Waals surface area contributed by atoms with Crippen LogP contribution in [0.2, 0.25) is 0 Å². The van der Waals surface area contributed by atoms with E-state index in [1.54, 1.807) is 12.4 Å². The van der Waals surface area contributed by atoms with Gasteiger partial charge in [-0.25, -0.2) is 9.78 Å². The summed E-state index contributed by atoms with van der Waals surface area (Å²) in [6, 6.07) is 0.216. The first-order chi connectivity index (χ1) is 6.52. The highest BCUT2D eigenvalue weighted by atomic mass is 16.4. The van der Waals surface area contributed by atoms with Crippen molar-refractivity contribution in [1.29, 1.82) is 0 Å². The maximum atomic E-state index is 10.4. The van der Waals surface area contributed by atoms with E-state index in [9.17, 15) is 4.79 Å². The van der Waals surface area contributed by atoms with Crippen molar-refractivity contribution >= 4 is 5.97 Å². The van der Waals surface area contributed by atoms with Crippen LogP contribution in [0.25, 0.3) is 0 Å². The van der Waals surface area contributed by atoms with Crippen LogP contribution in [0.15, 0.2) is 12.4 Å². The predicted octanol–water partition coefficient (Wildman–Crippen LogP) is 0.452. The quantitative estimate of drug-likeness (QED) is 0.736. The number of hydrogen-bond acceptors (Lipinski definition) is 3. The number of carboxylic acid groups (broad SMARTS) is 1.